The summed E-state index contributed by atoms with van der Waals surface area (Å²) >= 11 is 0. The van der Waals surface area contributed by atoms with Gasteiger partial charge in [-0.25, -0.2) is 0 Å². The summed E-state index contributed by atoms with van der Waals surface area (Å²) in [6, 6.07) is -1.38. The molecule has 1 aliphatic heterocycles. The van der Waals surface area contributed by atoms with Crippen LogP contribution in [-0.4, -0.2) is 42.9 Å². The van der Waals surface area contributed by atoms with Crippen molar-refractivity contribution in [1.82, 2.24) is 16.0 Å². The van der Waals surface area contributed by atoms with E-state index in [9.17, 15) is 14.4 Å². The van der Waals surface area contributed by atoms with Gasteiger partial charge in [0.1, 0.15) is 12.1 Å². The minimum absolute atomic E-state index is 0. The molecule has 23 heavy (non-hydrogen) atoms. The van der Waals surface area contributed by atoms with E-state index >= 15 is 0 Å². The molecule has 126 valence electrons. The molecule has 0 bridgehead atoms. The average molecular weight is 397 g/mol. The third kappa shape index (κ3) is 9.29. The summed E-state index contributed by atoms with van der Waals surface area (Å²) in [4.78, 5) is 35.6. The molecule has 0 aromatic heterocycles. The van der Waals surface area contributed by atoms with Crippen LogP contribution >= 0.6 is 0 Å². The molecular weight excluding hydrogens is 370 g/mol. The van der Waals surface area contributed by atoms with Crippen LogP contribution in [0.3, 0.4) is 0 Å². The summed E-state index contributed by atoms with van der Waals surface area (Å²) in [5.41, 5.74) is 7.08. The van der Waals surface area contributed by atoms with E-state index in [0.717, 1.165) is 12.8 Å². The van der Waals surface area contributed by atoms with E-state index in [2.05, 4.69) is 29.8 Å². The molecule has 8 heteroatoms. The van der Waals surface area contributed by atoms with Gasteiger partial charge < -0.3 is 21.7 Å². The Kier molecular flexibility index (Phi) is 12.6. The predicted molar refractivity (Wildman–Crippen MR) is 84.0 cm³/mol. The summed E-state index contributed by atoms with van der Waals surface area (Å²) in [7, 11) is 0. The summed E-state index contributed by atoms with van der Waals surface area (Å²) in [6.07, 6.45) is 2.92. The van der Waals surface area contributed by atoms with Gasteiger partial charge in [-0.3, -0.25) is 14.4 Å². The van der Waals surface area contributed by atoms with E-state index < -0.39 is 12.1 Å². The van der Waals surface area contributed by atoms with Gasteiger partial charge in [-0.2, -0.15) is 6.54 Å². The fourth-order valence-corrected chi connectivity index (χ4v) is 2.32. The molecule has 0 saturated carbocycles. The summed E-state index contributed by atoms with van der Waals surface area (Å²) in [5.74, 6) is -0.229. The van der Waals surface area contributed by atoms with Crippen LogP contribution in [0, 0.1) is 5.92 Å². The zero-order chi connectivity index (χ0) is 16.5. The van der Waals surface area contributed by atoms with E-state index in [-0.39, 0.29) is 88.9 Å². The van der Waals surface area contributed by atoms with Gasteiger partial charge in [-0.15, -0.1) is 0 Å². The van der Waals surface area contributed by atoms with Crippen molar-refractivity contribution in [2.75, 3.05) is 13.1 Å². The van der Waals surface area contributed by atoms with Crippen molar-refractivity contribution < 1.29 is 72.6 Å². The second-order valence-corrected chi connectivity index (χ2v) is 6.10. The molecule has 0 aliphatic carbocycles. The molecule has 7 nitrogen and oxygen atoms in total. The topological polar surface area (TPSA) is 111 Å². The van der Waals surface area contributed by atoms with Crippen LogP contribution in [0.25, 0.3) is 5.73 Å². The Bertz CT molecular complexity index is 404. The van der Waals surface area contributed by atoms with Gasteiger partial charge in [0.25, 0.3) is 0 Å². The van der Waals surface area contributed by atoms with Crippen molar-refractivity contribution in [3.05, 3.63) is 5.73 Å². The number of amides is 3. The molecule has 3 amide bonds. The van der Waals surface area contributed by atoms with E-state index in [1.54, 1.807) is 0 Å². The van der Waals surface area contributed by atoms with Crippen LogP contribution in [0.15, 0.2) is 0 Å². The number of carbonyl (C=O) groups is 3. The van der Waals surface area contributed by atoms with Crippen LogP contribution in [0.4, 0.5) is 0 Å². The normalized spacial score (nSPS) is 20.5. The Labute approximate surface area is 187 Å². The number of carbonyl (C=O) groups excluding carboxylic acids is 3. The maximum absolute atomic E-state index is 11.9. The fourth-order valence-electron chi connectivity index (χ4n) is 2.32. The predicted octanol–water partition coefficient (Wildman–Crippen LogP) is -2.25. The molecule has 0 spiro atoms. The van der Waals surface area contributed by atoms with Crippen molar-refractivity contribution in [3.63, 3.8) is 0 Å². The largest absolute Gasteiger partial charge is 1.00 e. The molecule has 1 unspecified atom stereocenters. The first-order chi connectivity index (χ1) is 10.4. The molecule has 2 atom stereocenters. The van der Waals surface area contributed by atoms with Crippen molar-refractivity contribution in [2.24, 2.45) is 5.92 Å². The van der Waals surface area contributed by atoms with Crippen molar-refractivity contribution >= 4 is 17.7 Å². The Hall–Kier alpha value is 0.175. The van der Waals surface area contributed by atoms with Gasteiger partial charge in [0.2, 0.25) is 17.7 Å². The monoisotopic (exact) mass is 396 g/mol. The third-order valence-electron chi connectivity index (χ3n) is 3.61. The molecule has 1 rings (SSSR count). The van der Waals surface area contributed by atoms with Gasteiger partial charge >= 0.3 is 58.2 Å². The van der Waals surface area contributed by atoms with Crippen LogP contribution in [0.5, 0.6) is 0 Å². The van der Waals surface area contributed by atoms with E-state index in [0.29, 0.717) is 25.3 Å². The maximum Gasteiger partial charge on any atom is 1.00 e. The average Bonchev–Trinajstić information content (AvgIpc) is 2.45. The second-order valence-electron chi connectivity index (χ2n) is 6.10. The number of hydrogen-bond donors (Lipinski definition) is 3. The van der Waals surface area contributed by atoms with E-state index in [4.69, 9.17) is 5.73 Å². The first-order valence-corrected chi connectivity index (χ1v) is 7.96. The Balaban J connectivity index is 0.00000484. The number of nitrogens with one attached hydrogen (secondary N) is 4. The zero-order valence-electron chi connectivity index (χ0n) is 14.4. The van der Waals surface area contributed by atoms with Crippen molar-refractivity contribution in [1.29, 1.82) is 0 Å². The maximum atomic E-state index is 11.9. The quantitative estimate of drug-likeness (QED) is 0.383. The summed E-state index contributed by atoms with van der Waals surface area (Å²) < 4.78 is 0. The zero-order valence-corrected chi connectivity index (χ0v) is 19.3. The van der Waals surface area contributed by atoms with Gasteiger partial charge in [-0.05, 0) is 25.2 Å². The van der Waals surface area contributed by atoms with E-state index in [1.807, 2.05) is 0 Å². The number of hydrogen-bond acceptors (Lipinski definition) is 3. The molecule has 0 radical (unpaired) electrons. The Morgan fingerprint density at radius 1 is 1.17 bits per heavy atom. The standard InChI is InChI=1S/C15H27N4O3.Rb/c1-10(2)5-4-8-17-13(20)9-12-15(22)18-11(6-3-7-16)14(21)19-12;/h10-12,16H,3-9H2,1-2H3,(H,17,20)(H,18,22)(H,19,21);/q-1;+1/t11-,12?;/m1./s1. The first-order valence-electron chi connectivity index (χ1n) is 7.96. The Morgan fingerprint density at radius 3 is 2.39 bits per heavy atom. The first kappa shape index (κ1) is 23.2. The van der Waals surface area contributed by atoms with Gasteiger partial charge in [-0.1, -0.05) is 20.3 Å². The minimum atomic E-state index is -0.801. The molecule has 1 heterocycles. The smallest absolute Gasteiger partial charge is 0.677 e. The summed E-state index contributed by atoms with van der Waals surface area (Å²) in [5, 5.41) is 7.99. The van der Waals surface area contributed by atoms with Crippen LogP contribution in [0.1, 0.15) is 46.0 Å². The van der Waals surface area contributed by atoms with Crippen molar-refractivity contribution in [2.45, 2.75) is 58.0 Å². The molecule has 0 aromatic rings. The number of rotatable bonds is 9. The van der Waals surface area contributed by atoms with Crippen LogP contribution in [0.2, 0.25) is 0 Å². The van der Waals surface area contributed by atoms with E-state index in [1.165, 1.54) is 0 Å². The molecule has 0 aromatic carbocycles. The molecule has 1 fully saturated rings. The van der Waals surface area contributed by atoms with Crippen LogP contribution < -0.4 is 74.1 Å². The SMILES string of the molecule is CC(C)CCCNC(=O)CC1NC(=O)[C@@H](CCC[NH-])NC1=O.[Rb+]. The number of piperazine rings is 1. The minimum Gasteiger partial charge on any atom is -0.677 e. The fraction of sp³-hybridized carbons (Fsp3) is 0.800. The van der Waals surface area contributed by atoms with Gasteiger partial charge in [0.15, 0.2) is 0 Å². The van der Waals surface area contributed by atoms with Crippen molar-refractivity contribution in [3.8, 4) is 0 Å². The van der Waals surface area contributed by atoms with Gasteiger partial charge in [0, 0.05) is 6.54 Å². The molecule has 4 N–H and O–H groups in total. The molecule has 1 aliphatic rings. The third-order valence-corrected chi connectivity index (χ3v) is 3.61. The summed E-state index contributed by atoms with van der Waals surface area (Å²) in [6.45, 7) is 5.06. The molecular formula is C15H27N4O3Rb. The van der Waals surface area contributed by atoms with Crippen LogP contribution in [-0.2, 0) is 14.4 Å². The van der Waals surface area contributed by atoms with Gasteiger partial charge in [0.05, 0.1) is 6.42 Å². The Morgan fingerprint density at radius 2 is 1.78 bits per heavy atom. The second kappa shape index (κ2) is 12.5. The molecule has 1 saturated heterocycles.